The minimum atomic E-state index is -3.09. The molecular weight excluding hydrogens is 216 g/mol. The fourth-order valence-corrected chi connectivity index (χ4v) is 2.36. The fraction of sp³-hybridized carbons (Fsp3) is 1.00. The number of hydrogen-bond acceptors (Lipinski definition) is 4. The van der Waals surface area contributed by atoms with E-state index in [0.29, 0.717) is 19.6 Å². The zero-order chi connectivity index (χ0) is 11.7. The molecule has 0 aromatic heterocycles. The van der Waals surface area contributed by atoms with Crippen molar-refractivity contribution in [2.75, 3.05) is 46.7 Å². The highest BCUT2D eigenvalue weighted by Gasteiger charge is 2.16. The molecule has 0 heterocycles. The molecule has 6 heteroatoms. The van der Waals surface area contributed by atoms with E-state index in [-0.39, 0.29) is 5.75 Å². The lowest BCUT2D eigenvalue weighted by molar-refractivity contribution is 0.199. The van der Waals surface area contributed by atoms with Crippen LogP contribution >= 0.6 is 0 Å². The first-order chi connectivity index (χ1) is 7.04. The van der Waals surface area contributed by atoms with E-state index < -0.39 is 10.0 Å². The summed E-state index contributed by atoms with van der Waals surface area (Å²) >= 11 is 0. The average Bonchev–Trinajstić information content (AvgIpc) is 2.18. The molecule has 0 bridgehead atoms. The van der Waals surface area contributed by atoms with Gasteiger partial charge in [-0.3, -0.25) is 0 Å². The van der Waals surface area contributed by atoms with Gasteiger partial charge in [-0.15, -0.1) is 0 Å². The Morgan fingerprint density at radius 2 is 2.00 bits per heavy atom. The van der Waals surface area contributed by atoms with Gasteiger partial charge in [0.1, 0.15) is 0 Å². The second-order valence-corrected chi connectivity index (χ2v) is 5.64. The van der Waals surface area contributed by atoms with E-state index in [4.69, 9.17) is 4.74 Å². The van der Waals surface area contributed by atoms with Gasteiger partial charge in [0.15, 0.2) is 0 Å². The Hall–Kier alpha value is -0.170. The maximum atomic E-state index is 11.6. The lowest BCUT2D eigenvalue weighted by Crippen LogP contribution is -2.31. The van der Waals surface area contributed by atoms with Crippen LogP contribution in [0.5, 0.6) is 0 Å². The summed E-state index contributed by atoms with van der Waals surface area (Å²) in [5.41, 5.74) is 0. The number of hydrogen-bond donors (Lipinski definition) is 1. The van der Waals surface area contributed by atoms with Gasteiger partial charge in [-0.05, 0) is 26.4 Å². The Labute approximate surface area is 92.8 Å². The van der Waals surface area contributed by atoms with Crippen LogP contribution in [0.2, 0.25) is 0 Å². The Morgan fingerprint density at radius 3 is 2.53 bits per heavy atom. The van der Waals surface area contributed by atoms with E-state index in [9.17, 15) is 8.42 Å². The second kappa shape index (κ2) is 8.04. The summed E-state index contributed by atoms with van der Waals surface area (Å²) in [4.78, 5) is 0. The van der Waals surface area contributed by atoms with Crippen molar-refractivity contribution in [3.63, 3.8) is 0 Å². The van der Waals surface area contributed by atoms with E-state index >= 15 is 0 Å². The number of sulfonamides is 1. The van der Waals surface area contributed by atoms with Crippen LogP contribution in [0.15, 0.2) is 0 Å². The van der Waals surface area contributed by atoms with Crippen LogP contribution in [0.3, 0.4) is 0 Å². The highest BCUT2D eigenvalue weighted by atomic mass is 32.2. The van der Waals surface area contributed by atoms with Gasteiger partial charge in [0.25, 0.3) is 0 Å². The van der Waals surface area contributed by atoms with Crippen molar-refractivity contribution in [2.24, 2.45) is 0 Å². The van der Waals surface area contributed by atoms with Gasteiger partial charge < -0.3 is 10.1 Å². The Balaban J connectivity index is 3.86. The summed E-state index contributed by atoms with van der Waals surface area (Å²) in [6, 6.07) is 0. The fourth-order valence-electron chi connectivity index (χ4n) is 1.16. The molecule has 92 valence electrons. The second-order valence-electron chi connectivity index (χ2n) is 3.44. The molecule has 0 aromatic carbocycles. The molecule has 0 unspecified atom stereocenters. The smallest absolute Gasteiger partial charge is 0.213 e. The lowest BCUT2D eigenvalue weighted by atomic mass is 10.4. The van der Waals surface area contributed by atoms with Crippen molar-refractivity contribution < 1.29 is 13.2 Å². The third-order valence-electron chi connectivity index (χ3n) is 2.13. The molecule has 5 nitrogen and oxygen atoms in total. The molecule has 0 spiro atoms. The normalized spacial score (nSPS) is 12.3. The molecule has 15 heavy (non-hydrogen) atoms. The summed E-state index contributed by atoms with van der Waals surface area (Å²) in [6.45, 7) is 1.89. The number of methoxy groups -OCH3 is 1. The van der Waals surface area contributed by atoms with Gasteiger partial charge in [-0.25, -0.2) is 12.7 Å². The third-order valence-corrected chi connectivity index (χ3v) is 4.06. The summed E-state index contributed by atoms with van der Waals surface area (Å²) in [7, 11) is 1.96. The Kier molecular flexibility index (Phi) is 7.95. The Bertz CT molecular complexity index is 242. The standard InChI is InChI=1S/C9H22N2O3S/c1-10-6-4-7-11(2)15(12,13)9-5-8-14-3/h10H,4-9H2,1-3H3. The van der Waals surface area contributed by atoms with Gasteiger partial charge >= 0.3 is 0 Å². The van der Waals surface area contributed by atoms with Gasteiger partial charge in [-0.2, -0.15) is 0 Å². The minimum Gasteiger partial charge on any atom is -0.385 e. The number of nitrogens with one attached hydrogen (secondary N) is 1. The molecule has 0 aliphatic carbocycles. The largest absolute Gasteiger partial charge is 0.385 e. The molecule has 0 saturated carbocycles. The van der Waals surface area contributed by atoms with Crippen LogP contribution < -0.4 is 5.32 Å². The maximum absolute atomic E-state index is 11.6. The van der Waals surface area contributed by atoms with Crippen LogP contribution in [0, 0.1) is 0 Å². The van der Waals surface area contributed by atoms with Crippen LogP contribution in [0.4, 0.5) is 0 Å². The van der Waals surface area contributed by atoms with E-state index in [1.54, 1.807) is 14.2 Å². The average molecular weight is 238 g/mol. The molecule has 0 saturated heterocycles. The minimum absolute atomic E-state index is 0.164. The van der Waals surface area contributed by atoms with Crippen molar-refractivity contribution in [3.8, 4) is 0 Å². The first kappa shape index (κ1) is 14.8. The number of rotatable bonds is 9. The first-order valence-corrected chi connectivity index (χ1v) is 6.73. The third kappa shape index (κ3) is 6.83. The van der Waals surface area contributed by atoms with Crippen molar-refractivity contribution in [1.82, 2.24) is 9.62 Å². The van der Waals surface area contributed by atoms with Crippen molar-refractivity contribution >= 4 is 10.0 Å². The van der Waals surface area contributed by atoms with E-state index in [1.165, 1.54) is 4.31 Å². The highest BCUT2D eigenvalue weighted by molar-refractivity contribution is 7.89. The van der Waals surface area contributed by atoms with Crippen molar-refractivity contribution in [2.45, 2.75) is 12.8 Å². The summed E-state index contributed by atoms with van der Waals surface area (Å²) in [5, 5.41) is 2.99. The summed E-state index contributed by atoms with van der Waals surface area (Å²) in [6.07, 6.45) is 1.38. The zero-order valence-corrected chi connectivity index (χ0v) is 10.6. The van der Waals surface area contributed by atoms with Gasteiger partial charge in [-0.1, -0.05) is 0 Å². The molecule has 0 fully saturated rings. The molecule has 0 aliphatic rings. The predicted molar refractivity (Wildman–Crippen MR) is 61.5 cm³/mol. The molecular formula is C9H22N2O3S. The van der Waals surface area contributed by atoms with E-state index in [0.717, 1.165) is 13.0 Å². The SMILES string of the molecule is CNCCCN(C)S(=O)(=O)CCCOC. The molecule has 0 amide bonds. The topological polar surface area (TPSA) is 58.6 Å². The molecule has 0 rings (SSSR count). The molecule has 1 N–H and O–H groups in total. The summed E-state index contributed by atoms with van der Waals surface area (Å²) < 4.78 is 29.5. The number of nitrogens with zero attached hydrogens (tertiary/aromatic N) is 1. The van der Waals surface area contributed by atoms with E-state index in [1.807, 2.05) is 7.05 Å². The zero-order valence-electron chi connectivity index (χ0n) is 9.82. The van der Waals surface area contributed by atoms with Crippen molar-refractivity contribution in [1.29, 1.82) is 0 Å². The van der Waals surface area contributed by atoms with E-state index in [2.05, 4.69) is 5.32 Å². The maximum Gasteiger partial charge on any atom is 0.213 e. The van der Waals surface area contributed by atoms with Crippen molar-refractivity contribution in [3.05, 3.63) is 0 Å². The molecule has 0 aliphatic heterocycles. The Morgan fingerprint density at radius 1 is 1.33 bits per heavy atom. The highest BCUT2D eigenvalue weighted by Crippen LogP contribution is 2.01. The monoisotopic (exact) mass is 238 g/mol. The quantitative estimate of drug-likeness (QED) is 0.570. The molecule has 0 aromatic rings. The van der Waals surface area contributed by atoms with Crippen LogP contribution in [-0.2, 0) is 14.8 Å². The van der Waals surface area contributed by atoms with Crippen LogP contribution in [-0.4, -0.2) is 59.4 Å². The summed E-state index contributed by atoms with van der Waals surface area (Å²) in [5.74, 6) is 0.164. The molecule has 0 radical (unpaired) electrons. The first-order valence-electron chi connectivity index (χ1n) is 5.12. The van der Waals surface area contributed by atoms with Crippen LogP contribution in [0.25, 0.3) is 0 Å². The predicted octanol–water partition coefficient (Wildman–Crippen LogP) is -0.106. The number of ether oxygens (including phenoxy) is 1. The van der Waals surface area contributed by atoms with Crippen LogP contribution in [0.1, 0.15) is 12.8 Å². The lowest BCUT2D eigenvalue weighted by Gasteiger charge is -2.16. The van der Waals surface area contributed by atoms with Gasteiger partial charge in [0.2, 0.25) is 10.0 Å². The molecule has 0 atom stereocenters. The van der Waals surface area contributed by atoms with Gasteiger partial charge in [0.05, 0.1) is 5.75 Å². The van der Waals surface area contributed by atoms with Gasteiger partial charge in [0, 0.05) is 27.3 Å².